The molecular weight excluding hydrogens is 423 g/mol. The minimum Gasteiger partial charge on any atom is -0.484 e. The van der Waals surface area contributed by atoms with Gasteiger partial charge >= 0.3 is 0 Å². The summed E-state index contributed by atoms with van der Waals surface area (Å²) in [4.78, 5) is 16.7. The molecule has 0 unspecified atom stereocenters. The first-order valence-corrected chi connectivity index (χ1v) is 10.2. The lowest BCUT2D eigenvalue weighted by Gasteiger charge is -2.08. The molecule has 0 aliphatic carbocycles. The number of aromatic nitrogens is 1. The third kappa shape index (κ3) is 4.42. The smallest absolute Gasteiger partial charge is 0.262 e. The molecule has 1 aromatic heterocycles. The molecule has 1 amide bonds. The second kappa shape index (κ2) is 8.78. The molecule has 0 atom stereocenters. The lowest BCUT2D eigenvalue weighted by Crippen LogP contribution is -2.20. The van der Waals surface area contributed by atoms with Gasteiger partial charge in [0.15, 0.2) is 12.2 Å². The molecule has 0 aliphatic rings. The van der Waals surface area contributed by atoms with E-state index < -0.39 is 0 Å². The fraction of sp³-hybridized carbons (Fsp3) is 0.130. The molecule has 4 aromatic rings. The Morgan fingerprint density at radius 3 is 2.67 bits per heavy atom. The Morgan fingerprint density at radius 1 is 1.10 bits per heavy atom. The van der Waals surface area contributed by atoms with E-state index in [-0.39, 0.29) is 12.5 Å². The summed E-state index contributed by atoms with van der Waals surface area (Å²) in [6.45, 7) is 1.99. The van der Waals surface area contributed by atoms with Gasteiger partial charge in [0.05, 0.1) is 15.6 Å². The fourth-order valence-corrected chi connectivity index (χ4v) is 3.34. The summed E-state index contributed by atoms with van der Waals surface area (Å²) in [5.41, 5.74) is 3.58. The van der Waals surface area contributed by atoms with Crippen LogP contribution in [0.4, 0.5) is 5.69 Å². The van der Waals surface area contributed by atoms with E-state index in [1.165, 1.54) is 5.56 Å². The third-order valence-electron chi connectivity index (χ3n) is 4.55. The molecule has 152 valence electrons. The maximum Gasteiger partial charge on any atom is 0.262 e. The van der Waals surface area contributed by atoms with E-state index >= 15 is 0 Å². The molecule has 0 radical (unpaired) electrons. The van der Waals surface area contributed by atoms with Gasteiger partial charge in [-0.05, 0) is 54.4 Å². The van der Waals surface area contributed by atoms with E-state index in [1.54, 1.807) is 36.4 Å². The van der Waals surface area contributed by atoms with Gasteiger partial charge in [0.1, 0.15) is 11.3 Å². The van der Waals surface area contributed by atoms with Gasteiger partial charge in [-0.1, -0.05) is 48.3 Å². The minimum atomic E-state index is -0.268. The van der Waals surface area contributed by atoms with E-state index in [9.17, 15) is 4.79 Å². The number of hydrogen-bond acceptors (Lipinski definition) is 4. The van der Waals surface area contributed by atoms with Crippen molar-refractivity contribution in [3.05, 3.63) is 76.3 Å². The van der Waals surface area contributed by atoms with Crippen LogP contribution in [0.5, 0.6) is 5.75 Å². The number of hydrogen-bond donors (Lipinski definition) is 1. The predicted octanol–water partition coefficient (Wildman–Crippen LogP) is 6.38. The number of oxazole rings is 1. The second-order valence-electron chi connectivity index (χ2n) is 6.64. The number of benzene rings is 3. The van der Waals surface area contributed by atoms with Crippen molar-refractivity contribution in [2.45, 2.75) is 13.3 Å². The highest BCUT2D eigenvalue weighted by Gasteiger charge is 2.14. The average molecular weight is 441 g/mol. The van der Waals surface area contributed by atoms with Crippen LogP contribution in [0, 0.1) is 0 Å². The first-order chi connectivity index (χ1) is 14.5. The first kappa shape index (κ1) is 20.3. The van der Waals surface area contributed by atoms with Gasteiger partial charge in [-0.15, -0.1) is 0 Å². The van der Waals surface area contributed by atoms with Crippen molar-refractivity contribution >= 4 is 45.9 Å². The molecule has 0 saturated carbocycles. The Balaban J connectivity index is 1.45. The normalized spacial score (nSPS) is 10.9. The van der Waals surface area contributed by atoms with Crippen LogP contribution in [0.3, 0.4) is 0 Å². The van der Waals surface area contributed by atoms with Crippen LogP contribution in [-0.2, 0) is 11.2 Å². The van der Waals surface area contributed by atoms with Crippen molar-refractivity contribution < 1.29 is 13.9 Å². The number of ether oxygens (including phenoxy) is 1. The fourth-order valence-electron chi connectivity index (χ4n) is 2.96. The topological polar surface area (TPSA) is 64.4 Å². The lowest BCUT2D eigenvalue weighted by atomic mass is 10.2. The van der Waals surface area contributed by atoms with Gasteiger partial charge in [-0.3, -0.25) is 4.79 Å². The lowest BCUT2D eigenvalue weighted by molar-refractivity contribution is -0.118. The Bertz CT molecular complexity index is 1200. The molecule has 5 nitrogen and oxygen atoms in total. The van der Waals surface area contributed by atoms with Crippen LogP contribution >= 0.6 is 23.2 Å². The summed E-state index contributed by atoms with van der Waals surface area (Å²) >= 11 is 12.3. The van der Waals surface area contributed by atoms with Gasteiger partial charge in [-0.2, -0.15) is 0 Å². The van der Waals surface area contributed by atoms with Crippen molar-refractivity contribution in [1.82, 2.24) is 4.98 Å². The number of amides is 1. The first-order valence-electron chi connectivity index (χ1n) is 9.40. The number of halogens is 2. The highest BCUT2D eigenvalue weighted by atomic mass is 35.5. The Hall–Kier alpha value is -3.02. The van der Waals surface area contributed by atoms with Crippen LogP contribution in [0.25, 0.3) is 22.6 Å². The Kier molecular flexibility index (Phi) is 5.93. The second-order valence-corrected chi connectivity index (χ2v) is 7.42. The SMILES string of the molecule is CCc1ccc(OCC(=O)Nc2ccc3oc(-c4cccc(Cl)c4Cl)nc3c2)cc1. The van der Waals surface area contributed by atoms with Gasteiger partial charge in [0.2, 0.25) is 5.89 Å². The Labute approximate surface area is 183 Å². The van der Waals surface area contributed by atoms with E-state index in [0.29, 0.717) is 44.0 Å². The van der Waals surface area contributed by atoms with Crippen molar-refractivity contribution in [2.24, 2.45) is 0 Å². The van der Waals surface area contributed by atoms with Crippen molar-refractivity contribution in [2.75, 3.05) is 11.9 Å². The van der Waals surface area contributed by atoms with Crippen LogP contribution < -0.4 is 10.1 Å². The largest absolute Gasteiger partial charge is 0.484 e. The molecule has 0 fully saturated rings. The van der Waals surface area contributed by atoms with Gasteiger partial charge in [0.25, 0.3) is 5.91 Å². The van der Waals surface area contributed by atoms with Crippen molar-refractivity contribution in [3.63, 3.8) is 0 Å². The molecule has 1 N–H and O–H groups in total. The number of nitrogens with zero attached hydrogens (tertiary/aromatic N) is 1. The molecule has 1 heterocycles. The van der Waals surface area contributed by atoms with E-state index in [4.69, 9.17) is 32.4 Å². The van der Waals surface area contributed by atoms with Crippen LogP contribution in [0.2, 0.25) is 10.0 Å². The van der Waals surface area contributed by atoms with E-state index in [1.807, 2.05) is 24.3 Å². The van der Waals surface area contributed by atoms with Crippen molar-refractivity contribution in [1.29, 1.82) is 0 Å². The number of anilines is 1. The maximum absolute atomic E-state index is 12.2. The average Bonchev–Trinajstić information content (AvgIpc) is 3.17. The predicted molar refractivity (Wildman–Crippen MR) is 119 cm³/mol. The summed E-state index contributed by atoms with van der Waals surface area (Å²) in [5.74, 6) is 0.743. The molecule has 0 bridgehead atoms. The summed E-state index contributed by atoms with van der Waals surface area (Å²) < 4.78 is 11.3. The zero-order valence-corrected chi connectivity index (χ0v) is 17.6. The summed E-state index contributed by atoms with van der Waals surface area (Å²) in [6.07, 6.45) is 0.955. The quantitative estimate of drug-likeness (QED) is 0.377. The standard InChI is InChI=1S/C23H18Cl2N2O3/c1-2-14-6-9-16(10-7-14)29-13-21(28)26-15-8-11-20-19(12-15)27-23(30-20)17-4-3-5-18(24)22(17)25/h3-12H,2,13H2,1H3,(H,26,28). The molecule has 0 spiro atoms. The highest BCUT2D eigenvalue weighted by Crippen LogP contribution is 2.34. The van der Waals surface area contributed by atoms with Crippen LogP contribution in [-0.4, -0.2) is 17.5 Å². The van der Waals surface area contributed by atoms with E-state index in [2.05, 4.69) is 17.2 Å². The number of rotatable bonds is 6. The molecule has 0 saturated heterocycles. The van der Waals surface area contributed by atoms with E-state index in [0.717, 1.165) is 6.42 Å². The van der Waals surface area contributed by atoms with Gasteiger partial charge in [0, 0.05) is 5.69 Å². The number of aryl methyl sites for hydroxylation is 1. The minimum absolute atomic E-state index is 0.0916. The summed E-state index contributed by atoms with van der Waals surface area (Å²) in [7, 11) is 0. The molecule has 4 rings (SSSR count). The number of carbonyl (C=O) groups excluding carboxylic acids is 1. The van der Waals surface area contributed by atoms with Gasteiger partial charge < -0.3 is 14.5 Å². The molecule has 0 aliphatic heterocycles. The van der Waals surface area contributed by atoms with Gasteiger partial charge in [-0.25, -0.2) is 4.98 Å². The van der Waals surface area contributed by atoms with Crippen LogP contribution in [0.15, 0.2) is 65.1 Å². The molecule has 30 heavy (non-hydrogen) atoms. The number of nitrogens with one attached hydrogen (secondary N) is 1. The monoisotopic (exact) mass is 440 g/mol. The maximum atomic E-state index is 12.2. The highest BCUT2D eigenvalue weighted by molar-refractivity contribution is 6.43. The van der Waals surface area contributed by atoms with Crippen LogP contribution in [0.1, 0.15) is 12.5 Å². The number of fused-ring (bicyclic) bond motifs is 1. The summed E-state index contributed by atoms with van der Waals surface area (Å²) in [6, 6.07) is 18.1. The Morgan fingerprint density at radius 2 is 1.90 bits per heavy atom. The third-order valence-corrected chi connectivity index (χ3v) is 5.37. The molecule has 3 aromatic carbocycles. The summed E-state index contributed by atoms with van der Waals surface area (Å²) in [5, 5.41) is 3.61. The molecular formula is C23H18Cl2N2O3. The zero-order valence-electron chi connectivity index (χ0n) is 16.1. The number of carbonyl (C=O) groups is 1. The molecule has 7 heteroatoms. The zero-order chi connectivity index (χ0) is 21.1. The van der Waals surface area contributed by atoms with Crippen molar-refractivity contribution in [3.8, 4) is 17.2 Å².